The van der Waals surface area contributed by atoms with E-state index in [1.54, 1.807) is 0 Å². The standard InChI is InChI=1S/C18H21BrN2O.ClH/c1-13(2-3-14-6-10-17(19)11-7-14)21-18(22)16-8-4-15(12-20)5-9-16;/h4-11,13H,2-3,12,20H2,1H3,(H,21,22);1H. The summed E-state index contributed by atoms with van der Waals surface area (Å²) in [7, 11) is 0. The maximum atomic E-state index is 12.2. The lowest BCUT2D eigenvalue weighted by Gasteiger charge is -2.14. The maximum absolute atomic E-state index is 12.2. The van der Waals surface area contributed by atoms with Crippen LogP contribution in [-0.4, -0.2) is 11.9 Å². The van der Waals surface area contributed by atoms with E-state index in [1.165, 1.54) is 5.56 Å². The van der Waals surface area contributed by atoms with Gasteiger partial charge in [-0.1, -0.05) is 40.2 Å². The lowest BCUT2D eigenvalue weighted by atomic mass is 10.1. The molecule has 1 atom stereocenters. The van der Waals surface area contributed by atoms with Gasteiger partial charge in [0.2, 0.25) is 0 Å². The van der Waals surface area contributed by atoms with E-state index in [0.717, 1.165) is 22.9 Å². The van der Waals surface area contributed by atoms with Gasteiger partial charge in [0.05, 0.1) is 0 Å². The molecule has 124 valence electrons. The minimum atomic E-state index is -0.0353. The number of hydrogen-bond acceptors (Lipinski definition) is 2. The van der Waals surface area contributed by atoms with Crippen molar-refractivity contribution in [2.75, 3.05) is 0 Å². The monoisotopic (exact) mass is 396 g/mol. The highest BCUT2D eigenvalue weighted by molar-refractivity contribution is 9.10. The van der Waals surface area contributed by atoms with Gasteiger partial charge in [-0.25, -0.2) is 0 Å². The normalized spacial score (nSPS) is 11.4. The van der Waals surface area contributed by atoms with Crippen molar-refractivity contribution >= 4 is 34.2 Å². The van der Waals surface area contributed by atoms with E-state index in [2.05, 4.69) is 33.4 Å². The average Bonchev–Trinajstić information content (AvgIpc) is 2.54. The summed E-state index contributed by atoms with van der Waals surface area (Å²) in [4.78, 5) is 12.2. The number of carbonyl (C=O) groups excluding carboxylic acids is 1. The summed E-state index contributed by atoms with van der Waals surface area (Å²) in [5.41, 5.74) is 8.53. The van der Waals surface area contributed by atoms with Gasteiger partial charge < -0.3 is 11.1 Å². The Bertz CT molecular complexity index is 614. The van der Waals surface area contributed by atoms with E-state index in [-0.39, 0.29) is 24.4 Å². The summed E-state index contributed by atoms with van der Waals surface area (Å²) in [6.45, 7) is 2.52. The smallest absolute Gasteiger partial charge is 0.251 e. The van der Waals surface area contributed by atoms with E-state index in [4.69, 9.17) is 5.73 Å². The topological polar surface area (TPSA) is 55.1 Å². The molecule has 0 spiro atoms. The minimum Gasteiger partial charge on any atom is -0.350 e. The Morgan fingerprint density at radius 3 is 2.22 bits per heavy atom. The van der Waals surface area contributed by atoms with Crippen LogP contribution in [0.15, 0.2) is 53.0 Å². The Kier molecular flexibility index (Phi) is 8.31. The molecule has 2 aromatic rings. The van der Waals surface area contributed by atoms with Crippen molar-refractivity contribution in [3.8, 4) is 0 Å². The Labute approximate surface area is 152 Å². The zero-order valence-electron chi connectivity index (χ0n) is 13.1. The molecule has 0 bridgehead atoms. The fraction of sp³-hybridized carbons (Fsp3) is 0.278. The first-order chi connectivity index (χ1) is 10.6. The van der Waals surface area contributed by atoms with Crippen LogP contribution in [0.4, 0.5) is 0 Å². The number of aryl methyl sites for hydroxylation is 1. The van der Waals surface area contributed by atoms with Crippen LogP contribution >= 0.6 is 28.3 Å². The first kappa shape index (κ1) is 19.7. The predicted octanol–water partition coefficient (Wildman–Crippen LogP) is 4.08. The van der Waals surface area contributed by atoms with Crippen LogP contribution in [0.25, 0.3) is 0 Å². The fourth-order valence-corrected chi connectivity index (χ4v) is 2.47. The molecular formula is C18H22BrClN2O. The lowest BCUT2D eigenvalue weighted by molar-refractivity contribution is 0.0938. The number of halogens is 2. The Hall–Kier alpha value is -1.36. The first-order valence-electron chi connectivity index (χ1n) is 7.43. The summed E-state index contributed by atoms with van der Waals surface area (Å²) in [6, 6.07) is 15.8. The molecule has 0 aliphatic rings. The van der Waals surface area contributed by atoms with E-state index in [0.29, 0.717) is 12.1 Å². The molecule has 0 saturated heterocycles. The molecule has 0 aliphatic carbocycles. The summed E-state index contributed by atoms with van der Waals surface area (Å²) in [5, 5.41) is 3.04. The third kappa shape index (κ3) is 6.34. The maximum Gasteiger partial charge on any atom is 0.251 e. The second-order valence-corrected chi connectivity index (χ2v) is 6.36. The quantitative estimate of drug-likeness (QED) is 0.771. The summed E-state index contributed by atoms with van der Waals surface area (Å²) in [5.74, 6) is -0.0353. The van der Waals surface area contributed by atoms with Gasteiger partial charge in [0.1, 0.15) is 0 Å². The van der Waals surface area contributed by atoms with Gasteiger partial charge in [-0.3, -0.25) is 4.79 Å². The van der Waals surface area contributed by atoms with E-state index < -0.39 is 0 Å². The minimum absolute atomic E-state index is 0. The first-order valence-corrected chi connectivity index (χ1v) is 8.22. The summed E-state index contributed by atoms with van der Waals surface area (Å²) < 4.78 is 1.08. The number of rotatable bonds is 6. The number of hydrogen-bond donors (Lipinski definition) is 2. The summed E-state index contributed by atoms with van der Waals surface area (Å²) >= 11 is 3.43. The molecular weight excluding hydrogens is 376 g/mol. The fourth-order valence-electron chi connectivity index (χ4n) is 2.21. The molecule has 0 radical (unpaired) electrons. The average molecular weight is 398 g/mol. The van der Waals surface area contributed by atoms with Gasteiger partial charge in [0.25, 0.3) is 5.91 Å². The highest BCUT2D eigenvalue weighted by atomic mass is 79.9. The van der Waals surface area contributed by atoms with Gasteiger partial charge in [-0.2, -0.15) is 0 Å². The van der Waals surface area contributed by atoms with Gasteiger partial charge in [-0.05, 0) is 55.2 Å². The van der Waals surface area contributed by atoms with Crippen LogP contribution in [0.2, 0.25) is 0 Å². The molecule has 23 heavy (non-hydrogen) atoms. The Morgan fingerprint density at radius 1 is 1.09 bits per heavy atom. The van der Waals surface area contributed by atoms with Crippen LogP contribution in [0.5, 0.6) is 0 Å². The van der Waals surface area contributed by atoms with Crippen LogP contribution in [0, 0.1) is 0 Å². The molecule has 1 unspecified atom stereocenters. The molecule has 2 rings (SSSR count). The van der Waals surface area contributed by atoms with E-state index >= 15 is 0 Å². The van der Waals surface area contributed by atoms with Gasteiger partial charge in [-0.15, -0.1) is 12.4 Å². The van der Waals surface area contributed by atoms with Crippen molar-refractivity contribution in [2.45, 2.75) is 32.4 Å². The largest absolute Gasteiger partial charge is 0.350 e. The van der Waals surface area contributed by atoms with Crippen molar-refractivity contribution in [3.05, 3.63) is 69.7 Å². The predicted molar refractivity (Wildman–Crippen MR) is 101 cm³/mol. The number of nitrogens with one attached hydrogen (secondary N) is 1. The molecule has 5 heteroatoms. The zero-order valence-corrected chi connectivity index (χ0v) is 15.5. The van der Waals surface area contributed by atoms with Crippen LogP contribution in [-0.2, 0) is 13.0 Å². The van der Waals surface area contributed by atoms with Crippen molar-refractivity contribution in [2.24, 2.45) is 5.73 Å². The molecule has 0 fully saturated rings. The van der Waals surface area contributed by atoms with E-state index in [9.17, 15) is 4.79 Å². The molecule has 3 N–H and O–H groups in total. The zero-order chi connectivity index (χ0) is 15.9. The third-order valence-corrected chi connectivity index (χ3v) is 4.14. The van der Waals surface area contributed by atoms with Crippen LogP contribution < -0.4 is 11.1 Å². The van der Waals surface area contributed by atoms with Gasteiger partial charge >= 0.3 is 0 Å². The van der Waals surface area contributed by atoms with Gasteiger partial charge in [0.15, 0.2) is 0 Å². The number of amides is 1. The number of benzene rings is 2. The molecule has 0 aromatic heterocycles. The molecule has 1 amide bonds. The van der Waals surface area contributed by atoms with Crippen LogP contribution in [0.1, 0.15) is 34.8 Å². The highest BCUT2D eigenvalue weighted by Gasteiger charge is 2.09. The Morgan fingerprint density at radius 2 is 1.65 bits per heavy atom. The third-order valence-electron chi connectivity index (χ3n) is 3.61. The van der Waals surface area contributed by atoms with Crippen molar-refractivity contribution in [1.82, 2.24) is 5.32 Å². The van der Waals surface area contributed by atoms with Crippen molar-refractivity contribution in [1.29, 1.82) is 0 Å². The van der Waals surface area contributed by atoms with Crippen molar-refractivity contribution in [3.63, 3.8) is 0 Å². The SMILES string of the molecule is CC(CCc1ccc(Br)cc1)NC(=O)c1ccc(CN)cc1.Cl. The van der Waals surface area contributed by atoms with E-state index in [1.807, 2.05) is 43.3 Å². The second-order valence-electron chi connectivity index (χ2n) is 5.44. The van der Waals surface area contributed by atoms with Gasteiger partial charge in [0, 0.05) is 22.6 Å². The molecule has 0 saturated carbocycles. The molecule has 0 heterocycles. The summed E-state index contributed by atoms with van der Waals surface area (Å²) in [6.07, 6.45) is 1.86. The highest BCUT2D eigenvalue weighted by Crippen LogP contribution is 2.12. The molecule has 0 aliphatic heterocycles. The second kappa shape index (κ2) is 9.71. The van der Waals surface area contributed by atoms with Crippen LogP contribution in [0.3, 0.4) is 0 Å². The molecule has 3 nitrogen and oxygen atoms in total. The lowest BCUT2D eigenvalue weighted by Crippen LogP contribution is -2.32. The number of carbonyl (C=O) groups is 1. The molecule has 2 aromatic carbocycles. The van der Waals surface area contributed by atoms with Crippen molar-refractivity contribution < 1.29 is 4.79 Å². The number of nitrogens with two attached hydrogens (primary N) is 1. The Balaban J connectivity index is 0.00000264.